The normalized spacial score (nSPS) is 17.9. The molecule has 1 unspecified atom stereocenters. The number of aromatic nitrogens is 1. The van der Waals surface area contributed by atoms with Gasteiger partial charge >= 0.3 is 0 Å². The van der Waals surface area contributed by atoms with E-state index < -0.39 is 10.0 Å². The Kier molecular flexibility index (Phi) is 6.03. The van der Waals surface area contributed by atoms with Gasteiger partial charge in [-0.15, -0.1) is 0 Å². The molecule has 0 bridgehead atoms. The van der Waals surface area contributed by atoms with Crippen molar-refractivity contribution >= 4 is 10.0 Å². The first-order chi connectivity index (χ1) is 12.8. The summed E-state index contributed by atoms with van der Waals surface area (Å²) in [5, 5.41) is 3.99. The van der Waals surface area contributed by atoms with Crippen molar-refractivity contribution in [1.29, 1.82) is 0 Å². The molecule has 0 saturated carbocycles. The average molecular weight is 392 g/mol. The largest absolute Gasteiger partial charge is 0.361 e. The Morgan fingerprint density at radius 3 is 2.26 bits per heavy atom. The number of piperazine rings is 1. The molecule has 7 heteroatoms. The molecule has 148 valence electrons. The van der Waals surface area contributed by atoms with Gasteiger partial charge in [0.2, 0.25) is 10.0 Å². The molecule has 3 rings (SSSR count). The lowest BCUT2D eigenvalue weighted by molar-refractivity contribution is 0.180. The molecule has 1 aliphatic rings. The fourth-order valence-electron chi connectivity index (χ4n) is 3.43. The molecular weight excluding hydrogens is 362 g/mol. The third-order valence-corrected chi connectivity index (χ3v) is 7.51. The zero-order chi connectivity index (χ0) is 19.6. The average Bonchev–Trinajstić information content (AvgIpc) is 3.00. The van der Waals surface area contributed by atoms with Crippen molar-refractivity contribution in [2.24, 2.45) is 0 Å². The maximum Gasteiger partial charge on any atom is 0.243 e. The third-order valence-electron chi connectivity index (χ3n) is 5.59. The molecule has 1 aromatic heterocycles. The van der Waals surface area contributed by atoms with Gasteiger partial charge in [0.15, 0.2) is 0 Å². The molecule has 0 N–H and O–H groups in total. The predicted molar refractivity (Wildman–Crippen MR) is 105 cm³/mol. The molecule has 6 nitrogen and oxygen atoms in total. The lowest BCUT2D eigenvalue weighted by Crippen LogP contribution is -2.48. The smallest absolute Gasteiger partial charge is 0.243 e. The van der Waals surface area contributed by atoms with Crippen LogP contribution in [0.4, 0.5) is 0 Å². The van der Waals surface area contributed by atoms with Gasteiger partial charge < -0.3 is 4.52 Å². The highest BCUT2D eigenvalue weighted by Crippen LogP contribution is 2.23. The molecule has 0 aliphatic carbocycles. The molecule has 27 heavy (non-hydrogen) atoms. The van der Waals surface area contributed by atoms with Gasteiger partial charge in [-0.2, -0.15) is 4.31 Å². The second kappa shape index (κ2) is 8.12. The van der Waals surface area contributed by atoms with Crippen molar-refractivity contribution in [2.75, 3.05) is 26.2 Å². The van der Waals surface area contributed by atoms with E-state index in [-0.39, 0.29) is 0 Å². The molecule has 0 amide bonds. The summed E-state index contributed by atoms with van der Waals surface area (Å²) in [4.78, 5) is 2.64. The van der Waals surface area contributed by atoms with Crippen LogP contribution in [-0.2, 0) is 16.6 Å². The van der Waals surface area contributed by atoms with Crippen LogP contribution in [0.3, 0.4) is 0 Å². The first-order valence-corrected chi connectivity index (χ1v) is 11.0. The molecule has 1 saturated heterocycles. The minimum Gasteiger partial charge on any atom is -0.361 e. The van der Waals surface area contributed by atoms with Crippen LogP contribution in [0, 0.1) is 13.8 Å². The fraction of sp³-hybridized carbons (Fsp3) is 0.550. The molecule has 1 aliphatic heterocycles. The summed E-state index contributed by atoms with van der Waals surface area (Å²) >= 11 is 0. The SMILES string of the molecule is CCC(C)c1ccc(S(=O)(=O)N2CCN(Cc3c(C)noc3C)CC2)cc1. The van der Waals surface area contributed by atoms with Crippen molar-refractivity contribution in [3.05, 3.63) is 46.8 Å². The Hall–Kier alpha value is -1.70. The molecule has 2 heterocycles. The Labute approximate surface area is 162 Å². The summed E-state index contributed by atoms with van der Waals surface area (Å²) in [6, 6.07) is 7.36. The predicted octanol–water partition coefficient (Wildman–Crippen LogP) is 3.31. The summed E-state index contributed by atoms with van der Waals surface area (Å²) < 4.78 is 32.7. The first-order valence-electron chi connectivity index (χ1n) is 9.57. The first kappa shape index (κ1) is 20.0. The number of aryl methyl sites for hydroxylation is 2. The van der Waals surface area contributed by atoms with E-state index in [9.17, 15) is 8.42 Å². The highest BCUT2D eigenvalue weighted by molar-refractivity contribution is 7.89. The Morgan fingerprint density at radius 2 is 1.74 bits per heavy atom. The van der Waals surface area contributed by atoms with Crippen molar-refractivity contribution in [1.82, 2.24) is 14.4 Å². The minimum absolute atomic E-state index is 0.383. The monoisotopic (exact) mass is 391 g/mol. The van der Waals surface area contributed by atoms with Gasteiger partial charge in [0.25, 0.3) is 0 Å². The van der Waals surface area contributed by atoms with E-state index in [4.69, 9.17) is 4.52 Å². The lowest BCUT2D eigenvalue weighted by Gasteiger charge is -2.34. The highest BCUT2D eigenvalue weighted by atomic mass is 32.2. The van der Waals surface area contributed by atoms with Gasteiger partial charge in [0, 0.05) is 38.3 Å². The Morgan fingerprint density at radius 1 is 1.11 bits per heavy atom. The number of hydrogen-bond acceptors (Lipinski definition) is 5. The van der Waals surface area contributed by atoms with Crippen LogP contribution in [0.25, 0.3) is 0 Å². The maximum atomic E-state index is 13.0. The summed E-state index contributed by atoms with van der Waals surface area (Å²) in [7, 11) is -3.44. The second-order valence-electron chi connectivity index (χ2n) is 7.36. The van der Waals surface area contributed by atoms with Crippen LogP contribution in [0.1, 0.15) is 48.8 Å². The minimum atomic E-state index is -3.44. The highest BCUT2D eigenvalue weighted by Gasteiger charge is 2.29. The zero-order valence-corrected chi connectivity index (χ0v) is 17.4. The van der Waals surface area contributed by atoms with Crippen molar-refractivity contribution in [3.8, 4) is 0 Å². The van der Waals surface area contributed by atoms with E-state index in [0.717, 1.165) is 30.0 Å². The lowest BCUT2D eigenvalue weighted by atomic mass is 9.99. The topological polar surface area (TPSA) is 66.7 Å². The zero-order valence-electron chi connectivity index (χ0n) is 16.6. The Balaban J connectivity index is 1.64. The van der Waals surface area contributed by atoms with Crippen LogP contribution < -0.4 is 0 Å². The second-order valence-corrected chi connectivity index (χ2v) is 9.30. The number of hydrogen-bond donors (Lipinski definition) is 0. The van der Waals surface area contributed by atoms with Gasteiger partial charge in [-0.05, 0) is 43.9 Å². The maximum absolute atomic E-state index is 13.0. The van der Waals surface area contributed by atoms with Gasteiger partial charge in [0.1, 0.15) is 5.76 Å². The summed E-state index contributed by atoms with van der Waals surface area (Å²) in [6.45, 7) is 11.3. The molecule has 1 fully saturated rings. The van der Waals surface area contributed by atoms with Crippen molar-refractivity contribution < 1.29 is 12.9 Å². The van der Waals surface area contributed by atoms with Crippen LogP contribution in [-0.4, -0.2) is 49.0 Å². The van der Waals surface area contributed by atoms with E-state index in [1.165, 1.54) is 5.56 Å². The van der Waals surface area contributed by atoms with Crippen LogP contribution >= 0.6 is 0 Å². The molecule has 1 atom stereocenters. The quantitative estimate of drug-likeness (QED) is 0.756. The standard InChI is InChI=1S/C20H29N3O3S/c1-5-15(2)18-6-8-19(9-7-18)27(24,25)23-12-10-22(11-13-23)14-20-16(3)21-26-17(20)4/h6-9,15H,5,10-14H2,1-4H3. The van der Waals surface area contributed by atoms with Crippen LogP contribution in [0.2, 0.25) is 0 Å². The van der Waals surface area contributed by atoms with Gasteiger partial charge in [0.05, 0.1) is 10.6 Å². The molecule has 0 radical (unpaired) electrons. The van der Waals surface area contributed by atoms with Crippen LogP contribution in [0.5, 0.6) is 0 Å². The van der Waals surface area contributed by atoms with E-state index in [1.807, 2.05) is 26.0 Å². The van der Waals surface area contributed by atoms with E-state index in [1.54, 1.807) is 16.4 Å². The van der Waals surface area contributed by atoms with E-state index in [2.05, 4.69) is 23.9 Å². The number of sulfonamides is 1. The Bertz CT molecular complexity index is 847. The van der Waals surface area contributed by atoms with E-state index >= 15 is 0 Å². The summed E-state index contributed by atoms with van der Waals surface area (Å²) in [5.74, 6) is 1.28. The number of benzene rings is 1. The molecule has 1 aromatic carbocycles. The third kappa shape index (κ3) is 4.25. The van der Waals surface area contributed by atoms with Crippen molar-refractivity contribution in [3.63, 3.8) is 0 Å². The fourth-order valence-corrected chi connectivity index (χ4v) is 4.85. The summed E-state index contributed by atoms with van der Waals surface area (Å²) in [6.07, 6.45) is 1.04. The molecule has 2 aromatic rings. The van der Waals surface area contributed by atoms with Crippen LogP contribution in [0.15, 0.2) is 33.7 Å². The van der Waals surface area contributed by atoms with E-state index in [0.29, 0.717) is 37.0 Å². The molecular formula is C20H29N3O3S. The number of rotatable bonds is 6. The van der Waals surface area contributed by atoms with Gasteiger partial charge in [-0.3, -0.25) is 4.90 Å². The van der Waals surface area contributed by atoms with Gasteiger partial charge in [-0.1, -0.05) is 31.1 Å². The van der Waals surface area contributed by atoms with Crippen molar-refractivity contribution in [2.45, 2.75) is 51.5 Å². The summed E-state index contributed by atoms with van der Waals surface area (Å²) in [5.41, 5.74) is 3.19. The molecule has 0 spiro atoms. The number of nitrogens with zero attached hydrogens (tertiary/aromatic N) is 3. The van der Waals surface area contributed by atoms with Gasteiger partial charge in [-0.25, -0.2) is 8.42 Å².